The molecule has 0 aromatic carbocycles. The fourth-order valence-electron chi connectivity index (χ4n) is 1.60. The molecule has 2 aliphatic rings. The summed E-state index contributed by atoms with van der Waals surface area (Å²) >= 11 is 0. The van der Waals surface area contributed by atoms with Crippen LogP contribution in [-0.4, -0.2) is 18.9 Å². The highest BCUT2D eigenvalue weighted by atomic mass is 15.4. The summed E-state index contributed by atoms with van der Waals surface area (Å²) in [5, 5.41) is 7.44. The van der Waals surface area contributed by atoms with Crippen LogP contribution in [0, 0.1) is 5.92 Å². The average Bonchev–Trinajstić information content (AvgIpc) is 2.28. The number of hydrogen-bond donors (Lipinski definition) is 2. The van der Waals surface area contributed by atoms with E-state index in [1.165, 1.54) is 19.3 Å². The molecule has 0 amide bonds. The largest absolute Gasteiger partial charge is 0.296 e. The van der Waals surface area contributed by atoms with Gasteiger partial charge in [-0.1, -0.05) is 6.42 Å². The van der Waals surface area contributed by atoms with E-state index in [1.54, 1.807) is 0 Å². The van der Waals surface area contributed by atoms with Crippen molar-refractivity contribution in [2.45, 2.75) is 25.4 Å². The van der Waals surface area contributed by atoms with Crippen LogP contribution >= 0.6 is 0 Å². The van der Waals surface area contributed by atoms with Crippen LogP contribution in [0.1, 0.15) is 19.3 Å². The predicted octanol–water partition coefficient (Wildman–Crippen LogP) is 0.291. The number of nitrogens with one attached hydrogen (secondary N) is 2. The third-order valence-corrected chi connectivity index (χ3v) is 2.24. The topological polar surface area (TPSA) is 36.4 Å². The van der Waals surface area contributed by atoms with Gasteiger partial charge in [0.15, 0.2) is 0 Å². The highest BCUT2D eigenvalue weighted by Crippen LogP contribution is 2.16. The lowest BCUT2D eigenvalue weighted by Crippen LogP contribution is -2.40. The maximum Gasteiger partial charge on any atom is 0.101 e. The van der Waals surface area contributed by atoms with Crippen molar-refractivity contribution in [1.82, 2.24) is 10.7 Å². The fraction of sp³-hybridized carbons (Fsp3) is 0.857. The van der Waals surface area contributed by atoms with Crippen LogP contribution in [0.5, 0.6) is 0 Å². The van der Waals surface area contributed by atoms with Gasteiger partial charge in [0.2, 0.25) is 0 Å². The Kier molecular flexibility index (Phi) is 1.59. The number of rotatable bonds is 0. The van der Waals surface area contributed by atoms with Gasteiger partial charge in [0.1, 0.15) is 6.17 Å². The summed E-state index contributed by atoms with van der Waals surface area (Å²) in [5.41, 5.74) is 3.06. The van der Waals surface area contributed by atoms with Gasteiger partial charge in [-0.3, -0.25) is 10.7 Å². The molecule has 2 unspecified atom stereocenters. The fourth-order valence-corrected chi connectivity index (χ4v) is 1.60. The second-order valence-electron chi connectivity index (χ2n) is 3.00. The van der Waals surface area contributed by atoms with Gasteiger partial charge in [-0.2, -0.15) is 5.10 Å². The van der Waals surface area contributed by atoms with Crippen molar-refractivity contribution in [2.24, 2.45) is 11.0 Å². The van der Waals surface area contributed by atoms with Crippen molar-refractivity contribution in [1.29, 1.82) is 0 Å². The van der Waals surface area contributed by atoms with E-state index >= 15 is 0 Å². The van der Waals surface area contributed by atoms with Gasteiger partial charge in [-0.05, 0) is 19.4 Å². The lowest BCUT2D eigenvalue weighted by atomic mass is 10.0. The molecule has 2 N–H and O–H groups in total. The molecule has 0 aromatic heterocycles. The molecule has 10 heavy (non-hydrogen) atoms. The maximum atomic E-state index is 4.03. The zero-order valence-corrected chi connectivity index (χ0v) is 6.01. The molecule has 0 spiro atoms. The first kappa shape index (κ1) is 6.16. The number of hydrazone groups is 1. The second-order valence-corrected chi connectivity index (χ2v) is 3.00. The standard InChI is InChI=1S/C7H13N3/c1-2-4-8-7-6(3-1)5-9-10-7/h5-8,10H,1-4H2. The van der Waals surface area contributed by atoms with Gasteiger partial charge in [-0.15, -0.1) is 0 Å². The van der Waals surface area contributed by atoms with E-state index in [0.717, 1.165) is 6.54 Å². The first-order valence-corrected chi connectivity index (χ1v) is 3.99. The molecular formula is C7H13N3. The summed E-state index contributed by atoms with van der Waals surface area (Å²) in [6.45, 7) is 1.14. The Balaban J connectivity index is 2.00. The number of hydrogen-bond acceptors (Lipinski definition) is 3. The Morgan fingerprint density at radius 2 is 2.40 bits per heavy atom. The molecule has 2 aliphatic heterocycles. The third-order valence-electron chi connectivity index (χ3n) is 2.24. The minimum absolute atomic E-state index is 0.433. The van der Waals surface area contributed by atoms with Crippen LogP contribution in [0.25, 0.3) is 0 Å². The number of fused-ring (bicyclic) bond motifs is 1. The van der Waals surface area contributed by atoms with Crippen molar-refractivity contribution in [3.05, 3.63) is 0 Å². The lowest BCUT2D eigenvalue weighted by molar-refractivity contribution is 0.414. The van der Waals surface area contributed by atoms with Crippen LogP contribution in [-0.2, 0) is 0 Å². The molecule has 1 saturated heterocycles. The minimum Gasteiger partial charge on any atom is -0.296 e. The minimum atomic E-state index is 0.433. The van der Waals surface area contributed by atoms with E-state index in [-0.39, 0.29) is 0 Å². The van der Waals surface area contributed by atoms with Crippen molar-refractivity contribution in [3.63, 3.8) is 0 Å². The summed E-state index contributed by atoms with van der Waals surface area (Å²) < 4.78 is 0. The number of nitrogens with zero attached hydrogens (tertiary/aromatic N) is 1. The molecule has 2 heterocycles. The van der Waals surface area contributed by atoms with Gasteiger partial charge >= 0.3 is 0 Å². The van der Waals surface area contributed by atoms with Crippen molar-refractivity contribution >= 4 is 6.21 Å². The summed E-state index contributed by atoms with van der Waals surface area (Å²) in [5.74, 6) is 0.641. The monoisotopic (exact) mass is 139 g/mol. The molecule has 0 aliphatic carbocycles. The van der Waals surface area contributed by atoms with Crippen LogP contribution in [0.3, 0.4) is 0 Å². The molecule has 0 saturated carbocycles. The molecule has 1 fully saturated rings. The smallest absolute Gasteiger partial charge is 0.101 e. The second kappa shape index (κ2) is 2.58. The predicted molar refractivity (Wildman–Crippen MR) is 40.8 cm³/mol. The lowest BCUT2D eigenvalue weighted by Gasteiger charge is -2.14. The highest BCUT2D eigenvalue weighted by molar-refractivity contribution is 5.63. The third kappa shape index (κ3) is 1.01. The zero-order chi connectivity index (χ0) is 6.81. The first-order valence-electron chi connectivity index (χ1n) is 3.99. The van der Waals surface area contributed by atoms with Crippen LogP contribution < -0.4 is 10.7 Å². The molecule has 3 heteroatoms. The summed E-state index contributed by atoms with van der Waals surface area (Å²) in [6.07, 6.45) is 6.39. The Morgan fingerprint density at radius 1 is 1.40 bits per heavy atom. The molecule has 0 aromatic rings. The van der Waals surface area contributed by atoms with Gasteiger partial charge < -0.3 is 0 Å². The molecule has 2 atom stereocenters. The van der Waals surface area contributed by atoms with Crippen molar-refractivity contribution in [3.8, 4) is 0 Å². The van der Waals surface area contributed by atoms with Gasteiger partial charge in [-0.25, -0.2) is 0 Å². The molecule has 3 nitrogen and oxygen atoms in total. The molecule has 0 bridgehead atoms. The SMILES string of the molecule is C1=NNC2NCCCCC12. The first-order chi connectivity index (χ1) is 4.97. The van der Waals surface area contributed by atoms with E-state index < -0.39 is 0 Å². The summed E-state index contributed by atoms with van der Waals surface area (Å²) in [4.78, 5) is 0. The zero-order valence-electron chi connectivity index (χ0n) is 6.01. The molecule has 0 radical (unpaired) electrons. The van der Waals surface area contributed by atoms with Crippen LogP contribution in [0.15, 0.2) is 5.10 Å². The Hall–Kier alpha value is -0.570. The highest BCUT2D eigenvalue weighted by Gasteiger charge is 2.24. The van der Waals surface area contributed by atoms with Crippen LogP contribution in [0.4, 0.5) is 0 Å². The molecular weight excluding hydrogens is 126 g/mol. The van der Waals surface area contributed by atoms with Gasteiger partial charge in [0, 0.05) is 12.1 Å². The quantitative estimate of drug-likeness (QED) is 0.506. The maximum absolute atomic E-state index is 4.03. The normalized spacial score (nSPS) is 38.4. The van der Waals surface area contributed by atoms with Gasteiger partial charge in [0.05, 0.1) is 0 Å². The van der Waals surface area contributed by atoms with Gasteiger partial charge in [0.25, 0.3) is 0 Å². The Bertz CT molecular complexity index is 144. The van der Waals surface area contributed by atoms with E-state index in [4.69, 9.17) is 0 Å². The van der Waals surface area contributed by atoms with Crippen molar-refractivity contribution < 1.29 is 0 Å². The van der Waals surface area contributed by atoms with E-state index in [9.17, 15) is 0 Å². The molecule has 2 rings (SSSR count). The summed E-state index contributed by atoms with van der Waals surface area (Å²) in [6, 6.07) is 0. The Labute approximate surface area is 60.9 Å². The molecule has 56 valence electrons. The van der Waals surface area contributed by atoms with E-state index in [0.29, 0.717) is 12.1 Å². The summed E-state index contributed by atoms with van der Waals surface area (Å²) in [7, 11) is 0. The average molecular weight is 139 g/mol. The van der Waals surface area contributed by atoms with E-state index in [2.05, 4.69) is 15.8 Å². The van der Waals surface area contributed by atoms with Crippen LogP contribution in [0.2, 0.25) is 0 Å². The van der Waals surface area contributed by atoms with Crippen molar-refractivity contribution in [2.75, 3.05) is 6.54 Å². The van der Waals surface area contributed by atoms with E-state index in [1.807, 2.05) is 6.21 Å². The Morgan fingerprint density at radius 3 is 3.40 bits per heavy atom.